The molecule has 3 aromatic rings. The number of rotatable bonds is 3. The van der Waals surface area contributed by atoms with Crippen molar-refractivity contribution in [3.05, 3.63) is 69.4 Å². The number of carboxylic acid groups (broad SMARTS) is 1. The van der Waals surface area contributed by atoms with Crippen molar-refractivity contribution in [2.45, 2.75) is 6.18 Å². The van der Waals surface area contributed by atoms with Gasteiger partial charge in [-0.25, -0.2) is 4.79 Å². The maximum absolute atomic E-state index is 13.3. The Balaban J connectivity index is 2.28. The molecule has 0 unspecified atom stereocenters. The minimum atomic E-state index is -4.86. The highest BCUT2D eigenvalue weighted by Gasteiger charge is 2.40. The Morgan fingerprint density at radius 3 is 2.21 bits per heavy atom. The van der Waals surface area contributed by atoms with Gasteiger partial charge in [-0.15, -0.1) is 11.3 Å². The van der Waals surface area contributed by atoms with Gasteiger partial charge in [-0.3, -0.25) is 0 Å². The van der Waals surface area contributed by atoms with E-state index < -0.39 is 27.5 Å². The lowest BCUT2D eigenvalue weighted by Crippen LogP contribution is -2.04. The lowest BCUT2D eigenvalue weighted by atomic mass is 9.93. The fourth-order valence-corrected chi connectivity index (χ4v) is 3.80. The van der Waals surface area contributed by atoms with Crippen LogP contribution in [0.1, 0.15) is 25.7 Å². The van der Waals surface area contributed by atoms with E-state index in [0.29, 0.717) is 5.56 Å². The normalized spacial score (nSPS) is 10.9. The quantitative estimate of drug-likeness (QED) is 0.627. The van der Waals surface area contributed by atoms with Crippen molar-refractivity contribution in [3.63, 3.8) is 0 Å². The Morgan fingerprint density at radius 1 is 1.00 bits per heavy atom. The molecule has 4 nitrogen and oxygen atoms in total. The van der Waals surface area contributed by atoms with Crippen LogP contribution in [0.2, 0.25) is 0 Å². The third-order valence-electron chi connectivity index (χ3n) is 3.99. The van der Waals surface area contributed by atoms with Crippen molar-refractivity contribution in [2.75, 3.05) is 0 Å². The van der Waals surface area contributed by atoms with Gasteiger partial charge in [0.1, 0.15) is 15.8 Å². The van der Waals surface area contributed by atoms with Crippen molar-refractivity contribution in [3.8, 4) is 34.4 Å². The Kier molecular flexibility index (Phi) is 4.91. The summed E-state index contributed by atoms with van der Waals surface area (Å²) >= 11 is 0.00467. The van der Waals surface area contributed by atoms with E-state index >= 15 is 0 Å². The second kappa shape index (κ2) is 7.18. The van der Waals surface area contributed by atoms with Gasteiger partial charge in [0.05, 0.1) is 17.2 Å². The molecular formula is C20H9F3N2O2S. The van der Waals surface area contributed by atoms with E-state index in [1.165, 1.54) is 24.3 Å². The summed E-state index contributed by atoms with van der Waals surface area (Å²) in [6, 6.07) is 16.6. The first kappa shape index (κ1) is 19.2. The lowest BCUT2D eigenvalue weighted by Gasteiger charge is -2.09. The van der Waals surface area contributed by atoms with Gasteiger partial charge >= 0.3 is 12.1 Å². The van der Waals surface area contributed by atoms with Crippen LogP contribution in [0.5, 0.6) is 0 Å². The molecule has 0 amide bonds. The second-order valence-corrected chi connectivity index (χ2v) is 6.68. The number of carboxylic acids is 1. The first-order chi connectivity index (χ1) is 13.3. The molecule has 0 aliphatic rings. The molecule has 1 aromatic heterocycles. The van der Waals surface area contributed by atoms with Crippen LogP contribution in [0, 0.1) is 22.7 Å². The van der Waals surface area contributed by atoms with Crippen LogP contribution in [-0.4, -0.2) is 11.1 Å². The fourth-order valence-electron chi connectivity index (χ4n) is 2.83. The van der Waals surface area contributed by atoms with Gasteiger partial charge in [-0.1, -0.05) is 42.5 Å². The molecule has 8 heteroatoms. The van der Waals surface area contributed by atoms with Gasteiger partial charge < -0.3 is 5.11 Å². The summed E-state index contributed by atoms with van der Waals surface area (Å²) in [6.45, 7) is 0. The molecule has 3 rings (SSSR count). The first-order valence-corrected chi connectivity index (χ1v) is 8.57. The summed E-state index contributed by atoms with van der Waals surface area (Å²) in [7, 11) is 0. The topological polar surface area (TPSA) is 84.9 Å². The highest BCUT2D eigenvalue weighted by molar-refractivity contribution is 7.14. The van der Waals surface area contributed by atoms with E-state index in [1.54, 1.807) is 30.3 Å². The van der Waals surface area contributed by atoms with E-state index in [-0.39, 0.29) is 28.0 Å². The third kappa shape index (κ3) is 3.34. The maximum Gasteiger partial charge on any atom is 0.426 e. The first-order valence-electron chi connectivity index (χ1n) is 7.75. The van der Waals surface area contributed by atoms with Gasteiger partial charge in [0.2, 0.25) is 0 Å². The van der Waals surface area contributed by atoms with Crippen LogP contribution in [0.3, 0.4) is 0 Å². The largest absolute Gasteiger partial charge is 0.477 e. The molecule has 0 radical (unpaired) electrons. The van der Waals surface area contributed by atoms with E-state index in [4.69, 9.17) is 0 Å². The van der Waals surface area contributed by atoms with Crippen LogP contribution in [0.15, 0.2) is 48.5 Å². The minimum Gasteiger partial charge on any atom is -0.477 e. The Bertz CT molecular complexity index is 1150. The molecule has 0 spiro atoms. The molecule has 2 aromatic carbocycles. The Morgan fingerprint density at radius 2 is 1.68 bits per heavy atom. The second-order valence-electron chi connectivity index (χ2n) is 5.66. The summed E-state index contributed by atoms with van der Waals surface area (Å²) in [5.41, 5.74) is 0.412. The van der Waals surface area contributed by atoms with E-state index in [1.807, 2.05) is 6.07 Å². The molecule has 28 heavy (non-hydrogen) atoms. The number of halogens is 3. The van der Waals surface area contributed by atoms with Crippen molar-refractivity contribution >= 4 is 17.3 Å². The molecule has 0 aliphatic heterocycles. The zero-order chi connectivity index (χ0) is 20.5. The standard InChI is InChI=1S/C20H9F3N2O2S/c21-20(22,23)18-15(10-25)16(17(28-18)19(26)27)12-6-7-14(13(8-12)9-24)11-4-2-1-3-5-11/h1-8H,(H,26,27). The van der Waals surface area contributed by atoms with Gasteiger partial charge in [0.15, 0.2) is 0 Å². The van der Waals surface area contributed by atoms with Gasteiger partial charge in [-0.2, -0.15) is 23.7 Å². The van der Waals surface area contributed by atoms with Crippen molar-refractivity contribution in [2.24, 2.45) is 0 Å². The zero-order valence-electron chi connectivity index (χ0n) is 13.9. The molecule has 1 heterocycles. The monoisotopic (exact) mass is 398 g/mol. The molecule has 138 valence electrons. The van der Waals surface area contributed by atoms with Gasteiger partial charge in [0, 0.05) is 5.56 Å². The lowest BCUT2D eigenvalue weighted by molar-refractivity contribution is -0.134. The van der Waals surface area contributed by atoms with Crippen LogP contribution in [0.25, 0.3) is 22.3 Å². The molecule has 0 fully saturated rings. The number of nitriles is 2. The summed E-state index contributed by atoms with van der Waals surface area (Å²) in [4.78, 5) is 9.65. The van der Waals surface area contributed by atoms with Crippen molar-refractivity contribution in [1.29, 1.82) is 10.5 Å². The molecule has 0 aliphatic carbocycles. The average Bonchev–Trinajstić information content (AvgIpc) is 3.08. The number of nitrogens with zero attached hydrogens (tertiary/aromatic N) is 2. The summed E-state index contributed by atoms with van der Waals surface area (Å²) in [6.07, 6.45) is -4.86. The highest BCUT2D eigenvalue weighted by atomic mass is 32.1. The summed E-state index contributed by atoms with van der Waals surface area (Å²) in [5.74, 6) is -1.57. The zero-order valence-corrected chi connectivity index (χ0v) is 14.7. The van der Waals surface area contributed by atoms with Gasteiger partial charge in [-0.05, 0) is 22.8 Å². The van der Waals surface area contributed by atoms with Crippen LogP contribution in [0.4, 0.5) is 13.2 Å². The smallest absolute Gasteiger partial charge is 0.426 e. The highest BCUT2D eigenvalue weighted by Crippen LogP contribution is 2.45. The number of carbonyl (C=O) groups is 1. The number of hydrogen-bond acceptors (Lipinski definition) is 4. The number of hydrogen-bond donors (Lipinski definition) is 1. The molecule has 0 bridgehead atoms. The molecule has 0 saturated carbocycles. The Hall–Kier alpha value is -3.62. The molecule has 1 N–H and O–H groups in total. The molecule has 0 saturated heterocycles. The van der Waals surface area contributed by atoms with Crippen LogP contribution < -0.4 is 0 Å². The minimum absolute atomic E-state index is 0.00467. The summed E-state index contributed by atoms with van der Waals surface area (Å²) < 4.78 is 39.8. The number of alkyl halides is 3. The van der Waals surface area contributed by atoms with Crippen molar-refractivity contribution in [1.82, 2.24) is 0 Å². The predicted octanol–water partition coefficient (Wildman–Crippen LogP) is 5.54. The van der Waals surface area contributed by atoms with Crippen LogP contribution in [-0.2, 0) is 6.18 Å². The number of benzene rings is 2. The SMILES string of the molecule is N#Cc1cc(-c2c(C(=O)O)sc(C(F)(F)F)c2C#N)ccc1-c1ccccc1. The van der Waals surface area contributed by atoms with Crippen LogP contribution >= 0.6 is 11.3 Å². The molecule has 0 atom stereocenters. The summed E-state index contributed by atoms with van der Waals surface area (Å²) in [5, 5.41) is 28.1. The maximum atomic E-state index is 13.3. The van der Waals surface area contributed by atoms with Crippen molar-refractivity contribution < 1.29 is 23.1 Å². The van der Waals surface area contributed by atoms with E-state index in [9.17, 15) is 33.6 Å². The third-order valence-corrected chi connectivity index (χ3v) is 5.21. The predicted molar refractivity (Wildman–Crippen MR) is 96.6 cm³/mol. The van der Waals surface area contributed by atoms with Gasteiger partial charge in [0.25, 0.3) is 0 Å². The van der Waals surface area contributed by atoms with E-state index in [0.717, 1.165) is 5.56 Å². The van der Waals surface area contributed by atoms with E-state index in [2.05, 4.69) is 0 Å². The molecular weight excluding hydrogens is 389 g/mol. The number of thiophene rings is 1. The number of aromatic carboxylic acids is 1. The Labute approximate surface area is 161 Å². The fraction of sp³-hybridized carbons (Fsp3) is 0.0500. The average molecular weight is 398 g/mol.